The van der Waals surface area contributed by atoms with E-state index in [1.807, 2.05) is 41.8 Å². The predicted molar refractivity (Wildman–Crippen MR) is 102 cm³/mol. The van der Waals surface area contributed by atoms with Gasteiger partial charge in [-0.25, -0.2) is 0 Å². The van der Waals surface area contributed by atoms with Crippen LogP contribution in [0.5, 0.6) is 0 Å². The molecule has 0 aliphatic carbocycles. The minimum Gasteiger partial charge on any atom is -0.359 e. The minimum atomic E-state index is -4.29. The SMILES string of the molecule is FC(F)(F)CC(Nc1ccsc1-c1ccccc1)OC12CCN(CC1)CC2. The van der Waals surface area contributed by atoms with Crippen LogP contribution in [0.1, 0.15) is 25.7 Å². The minimum absolute atomic E-state index is 0.430. The third-order valence-corrected chi connectivity index (χ3v) is 6.44. The van der Waals surface area contributed by atoms with Gasteiger partial charge < -0.3 is 15.0 Å². The first-order chi connectivity index (χ1) is 12.9. The summed E-state index contributed by atoms with van der Waals surface area (Å²) in [5, 5.41) is 4.96. The van der Waals surface area contributed by atoms with Crippen LogP contribution in [0.25, 0.3) is 10.4 Å². The highest BCUT2D eigenvalue weighted by Gasteiger charge is 2.44. The molecule has 27 heavy (non-hydrogen) atoms. The van der Waals surface area contributed by atoms with Crippen molar-refractivity contribution in [2.75, 3.05) is 25.0 Å². The molecule has 1 aromatic heterocycles. The van der Waals surface area contributed by atoms with E-state index in [2.05, 4.69) is 10.2 Å². The monoisotopic (exact) mass is 396 g/mol. The molecular weight excluding hydrogens is 373 g/mol. The first-order valence-electron chi connectivity index (χ1n) is 9.29. The van der Waals surface area contributed by atoms with Crippen LogP contribution in [0.2, 0.25) is 0 Å². The smallest absolute Gasteiger partial charge is 0.359 e. The van der Waals surface area contributed by atoms with Crippen molar-refractivity contribution in [3.05, 3.63) is 41.8 Å². The van der Waals surface area contributed by atoms with Gasteiger partial charge in [0, 0.05) is 19.6 Å². The van der Waals surface area contributed by atoms with Crippen LogP contribution in [0.15, 0.2) is 41.8 Å². The Morgan fingerprint density at radius 3 is 2.37 bits per heavy atom. The van der Waals surface area contributed by atoms with Crippen molar-refractivity contribution in [2.24, 2.45) is 0 Å². The van der Waals surface area contributed by atoms with Crippen LogP contribution in [0.3, 0.4) is 0 Å². The second-order valence-corrected chi connectivity index (χ2v) is 8.29. The number of alkyl halides is 3. The third-order valence-electron chi connectivity index (χ3n) is 5.48. The lowest BCUT2D eigenvalue weighted by Crippen LogP contribution is -2.55. The highest BCUT2D eigenvalue weighted by atomic mass is 32.1. The van der Waals surface area contributed by atoms with Crippen LogP contribution < -0.4 is 5.32 Å². The number of thiophene rings is 1. The third kappa shape index (κ3) is 4.47. The van der Waals surface area contributed by atoms with Crippen molar-refractivity contribution < 1.29 is 17.9 Å². The molecule has 3 aliphatic heterocycles. The maximum Gasteiger partial charge on any atom is 0.393 e. The first kappa shape index (κ1) is 18.8. The van der Waals surface area contributed by atoms with E-state index in [0.29, 0.717) is 5.69 Å². The van der Waals surface area contributed by atoms with Gasteiger partial charge in [-0.2, -0.15) is 13.2 Å². The quantitative estimate of drug-likeness (QED) is 0.665. The molecule has 1 unspecified atom stereocenters. The molecule has 5 rings (SSSR count). The number of rotatable bonds is 6. The van der Waals surface area contributed by atoms with Gasteiger partial charge in [0.25, 0.3) is 0 Å². The van der Waals surface area contributed by atoms with Crippen LogP contribution in [0.4, 0.5) is 18.9 Å². The molecule has 1 aromatic carbocycles. The summed E-state index contributed by atoms with van der Waals surface area (Å²) in [5.74, 6) is 0. The lowest BCUT2D eigenvalue weighted by molar-refractivity contribution is -0.195. The fourth-order valence-corrected chi connectivity index (χ4v) is 4.88. The van der Waals surface area contributed by atoms with Gasteiger partial charge >= 0.3 is 6.18 Å². The van der Waals surface area contributed by atoms with Gasteiger partial charge in [0.05, 0.1) is 22.6 Å². The number of ether oxygens (including phenoxy) is 1. The zero-order valence-electron chi connectivity index (χ0n) is 15.0. The summed E-state index contributed by atoms with van der Waals surface area (Å²) in [6.07, 6.45) is -3.95. The highest BCUT2D eigenvalue weighted by Crippen LogP contribution is 2.40. The van der Waals surface area contributed by atoms with E-state index < -0.39 is 24.4 Å². The molecule has 2 aromatic rings. The average molecular weight is 396 g/mol. The van der Waals surface area contributed by atoms with E-state index in [-0.39, 0.29) is 0 Å². The van der Waals surface area contributed by atoms with Gasteiger partial charge in [0.2, 0.25) is 0 Å². The molecule has 0 amide bonds. The summed E-state index contributed by atoms with van der Waals surface area (Å²) in [7, 11) is 0. The summed E-state index contributed by atoms with van der Waals surface area (Å²) < 4.78 is 45.8. The Morgan fingerprint density at radius 2 is 1.74 bits per heavy atom. The lowest BCUT2D eigenvalue weighted by atomic mass is 9.83. The Balaban J connectivity index is 1.54. The molecule has 0 spiro atoms. The molecule has 0 radical (unpaired) electrons. The molecule has 146 valence electrons. The number of halogens is 3. The van der Waals surface area contributed by atoms with E-state index in [1.165, 1.54) is 11.3 Å². The summed E-state index contributed by atoms with van der Waals surface area (Å²) in [5.41, 5.74) is 1.26. The first-order valence-corrected chi connectivity index (χ1v) is 10.2. The number of benzene rings is 1. The number of nitrogens with zero attached hydrogens (tertiary/aromatic N) is 1. The summed E-state index contributed by atoms with van der Waals surface area (Å²) in [4.78, 5) is 3.28. The molecule has 3 saturated heterocycles. The second-order valence-electron chi connectivity index (χ2n) is 7.37. The van der Waals surface area contributed by atoms with E-state index in [1.54, 1.807) is 0 Å². The molecule has 1 atom stereocenters. The fourth-order valence-electron chi connectivity index (χ4n) is 4.02. The Bertz CT molecular complexity index is 740. The normalized spacial score (nSPS) is 26.1. The predicted octanol–water partition coefficient (Wildman–Crippen LogP) is 5.36. The van der Waals surface area contributed by atoms with Crippen LogP contribution in [-0.4, -0.2) is 42.5 Å². The van der Waals surface area contributed by atoms with Crippen molar-refractivity contribution in [2.45, 2.75) is 43.7 Å². The van der Waals surface area contributed by atoms with Gasteiger partial charge in [0.15, 0.2) is 0 Å². The number of hydrogen-bond acceptors (Lipinski definition) is 4. The largest absolute Gasteiger partial charge is 0.393 e. The molecule has 2 bridgehead atoms. The maximum atomic E-state index is 13.2. The number of piperidine rings is 3. The number of hydrogen-bond donors (Lipinski definition) is 1. The van der Waals surface area contributed by atoms with E-state index in [9.17, 15) is 13.2 Å². The van der Waals surface area contributed by atoms with Crippen molar-refractivity contribution in [3.8, 4) is 10.4 Å². The number of fused-ring (bicyclic) bond motifs is 3. The lowest BCUT2D eigenvalue weighted by Gasteiger charge is -2.49. The molecule has 4 heterocycles. The Hall–Kier alpha value is -1.57. The van der Waals surface area contributed by atoms with Crippen molar-refractivity contribution in [3.63, 3.8) is 0 Å². The summed E-state index contributed by atoms with van der Waals surface area (Å²) in [6, 6.07) is 11.5. The molecule has 3 nitrogen and oxygen atoms in total. The Kier molecular flexibility index (Phi) is 5.18. The molecule has 0 saturated carbocycles. The van der Waals surface area contributed by atoms with Crippen molar-refractivity contribution >= 4 is 17.0 Å². The molecule has 7 heteroatoms. The fraction of sp³-hybridized carbons (Fsp3) is 0.500. The standard InChI is InChI=1S/C20H23F3N2OS/c21-20(22,23)14-17(26-19-7-10-25(11-8-19)12-9-19)24-16-6-13-27-18(16)15-4-2-1-3-5-15/h1-6,13,17,24H,7-12,14H2. The Labute approximate surface area is 161 Å². The van der Waals surface area contributed by atoms with Crippen LogP contribution in [-0.2, 0) is 4.74 Å². The summed E-state index contributed by atoms with van der Waals surface area (Å²) in [6.45, 7) is 2.73. The van der Waals surface area contributed by atoms with E-state index in [0.717, 1.165) is 49.3 Å². The highest BCUT2D eigenvalue weighted by molar-refractivity contribution is 7.14. The number of nitrogens with one attached hydrogen (secondary N) is 1. The molecule has 1 N–H and O–H groups in total. The maximum absolute atomic E-state index is 13.2. The topological polar surface area (TPSA) is 24.5 Å². The van der Waals surface area contributed by atoms with Crippen LogP contribution in [0, 0.1) is 0 Å². The van der Waals surface area contributed by atoms with E-state index >= 15 is 0 Å². The average Bonchev–Trinajstić information content (AvgIpc) is 3.10. The van der Waals surface area contributed by atoms with Crippen LogP contribution >= 0.6 is 11.3 Å². The summed E-state index contributed by atoms with van der Waals surface area (Å²) >= 11 is 1.52. The van der Waals surface area contributed by atoms with Gasteiger partial charge in [-0.05, 0) is 36.3 Å². The van der Waals surface area contributed by atoms with Gasteiger partial charge in [-0.3, -0.25) is 0 Å². The molecular formula is C20H23F3N2OS. The van der Waals surface area contributed by atoms with Crippen molar-refractivity contribution in [1.82, 2.24) is 4.90 Å². The van der Waals surface area contributed by atoms with Crippen molar-refractivity contribution in [1.29, 1.82) is 0 Å². The van der Waals surface area contributed by atoms with E-state index in [4.69, 9.17) is 4.74 Å². The molecule has 3 fully saturated rings. The number of anilines is 1. The van der Waals surface area contributed by atoms with Gasteiger partial charge in [-0.15, -0.1) is 11.3 Å². The zero-order valence-corrected chi connectivity index (χ0v) is 15.8. The molecule has 3 aliphatic rings. The zero-order chi connectivity index (χ0) is 18.9. The van der Waals surface area contributed by atoms with Gasteiger partial charge in [-0.1, -0.05) is 30.3 Å². The van der Waals surface area contributed by atoms with Gasteiger partial charge in [0.1, 0.15) is 6.23 Å². The second kappa shape index (κ2) is 7.45. The Morgan fingerprint density at radius 1 is 1.07 bits per heavy atom.